The lowest BCUT2D eigenvalue weighted by Gasteiger charge is -2.20. The molecule has 3 heteroatoms. The van der Waals surface area contributed by atoms with Crippen molar-refractivity contribution >= 4 is 5.69 Å². The number of hydrogen-bond donors (Lipinski definition) is 1. The van der Waals surface area contributed by atoms with Crippen LogP contribution in [-0.2, 0) is 26.3 Å². The van der Waals surface area contributed by atoms with E-state index in [9.17, 15) is 0 Å². The van der Waals surface area contributed by atoms with E-state index in [1.54, 1.807) is 0 Å². The van der Waals surface area contributed by atoms with Gasteiger partial charge in [-0.1, -0.05) is 12.1 Å². The zero-order valence-electron chi connectivity index (χ0n) is 11.5. The van der Waals surface area contributed by atoms with Crippen LogP contribution in [0.3, 0.4) is 0 Å². The summed E-state index contributed by atoms with van der Waals surface area (Å²) in [6.07, 6.45) is 9.95. The van der Waals surface area contributed by atoms with Crippen LogP contribution in [0.5, 0.6) is 0 Å². The Morgan fingerprint density at radius 1 is 1.26 bits per heavy atom. The summed E-state index contributed by atoms with van der Waals surface area (Å²) in [6, 6.07) is 6.66. The van der Waals surface area contributed by atoms with Crippen LogP contribution in [0.25, 0.3) is 0 Å². The molecule has 1 heterocycles. The van der Waals surface area contributed by atoms with Crippen LogP contribution in [0, 0.1) is 0 Å². The molecule has 0 aliphatic heterocycles. The third-order valence-corrected chi connectivity index (χ3v) is 3.98. The number of hydrogen-bond acceptors (Lipinski definition) is 2. The fourth-order valence-electron chi connectivity index (χ4n) is 2.89. The number of aromatic nitrogens is 2. The molecule has 1 aliphatic carbocycles. The van der Waals surface area contributed by atoms with E-state index in [0.717, 1.165) is 18.8 Å². The average molecular weight is 255 g/mol. The number of fused-ring (bicyclic) bond motifs is 1. The highest BCUT2D eigenvalue weighted by Crippen LogP contribution is 2.27. The molecule has 19 heavy (non-hydrogen) atoms. The van der Waals surface area contributed by atoms with E-state index >= 15 is 0 Å². The largest absolute Gasteiger partial charge is 0.384 e. The van der Waals surface area contributed by atoms with Crippen molar-refractivity contribution in [3.63, 3.8) is 0 Å². The molecule has 2 aromatic rings. The summed E-state index contributed by atoms with van der Waals surface area (Å²) in [6.45, 7) is 0.946. The van der Waals surface area contributed by atoms with E-state index in [4.69, 9.17) is 0 Å². The van der Waals surface area contributed by atoms with Gasteiger partial charge in [-0.05, 0) is 42.9 Å². The predicted octanol–water partition coefficient (Wildman–Crippen LogP) is 2.95. The molecule has 0 spiro atoms. The summed E-state index contributed by atoms with van der Waals surface area (Å²) in [5, 5.41) is 3.58. The Bertz CT molecular complexity index is 557. The molecule has 0 saturated heterocycles. The van der Waals surface area contributed by atoms with Crippen LogP contribution >= 0.6 is 0 Å². The van der Waals surface area contributed by atoms with Crippen LogP contribution in [-0.4, -0.2) is 16.1 Å². The zero-order chi connectivity index (χ0) is 13.1. The van der Waals surface area contributed by atoms with Gasteiger partial charge in [0.25, 0.3) is 0 Å². The molecule has 0 amide bonds. The first-order valence-corrected chi connectivity index (χ1v) is 7.15. The van der Waals surface area contributed by atoms with Crippen LogP contribution in [0.15, 0.2) is 30.6 Å². The van der Waals surface area contributed by atoms with Crippen molar-refractivity contribution in [2.75, 3.05) is 11.9 Å². The zero-order valence-corrected chi connectivity index (χ0v) is 11.5. The lowest BCUT2D eigenvalue weighted by atomic mass is 9.90. The van der Waals surface area contributed by atoms with Crippen molar-refractivity contribution in [1.82, 2.24) is 9.55 Å². The molecule has 0 fully saturated rings. The van der Waals surface area contributed by atoms with E-state index in [-0.39, 0.29) is 0 Å². The fourth-order valence-corrected chi connectivity index (χ4v) is 2.89. The molecular weight excluding hydrogens is 234 g/mol. The molecule has 0 atom stereocenters. The number of anilines is 1. The molecule has 0 saturated carbocycles. The SMILES string of the molecule is Cn1ccnc1CCNc1cccc2c1CCCC2. The van der Waals surface area contributed by atoms with E-state index < -0.39 is 0 Å². The van der Waals surface area contributed by atoms with Gasteiger partial charge in [-0.3, -0.25) is 0 Å². The lowest BCUT2D eigenvalue weighted by molar-refractivity contribution is 0.686. The van der Waals surface area contributed by atoms with Gasteiger partial charge in [0.2, 0.25) is 0 Å². The Balaban J connectivity index is 1.66. The first-order valence-electron chi connectivity index (χ1n) is 7.15. The molecule has 0 radical (unpaired) electrons. The summed E-state index contributed by atoms with van der Waals surface area (Å²) in [5.41, 5.74) is 4.40. The Hall–Kier alpha value is -1.77. The van der Waals surface area contributed by atoms with Crippen molar-refractivity contribution in [3.8, 4) is 0 Å². The van der Waals surface area contributed by atoms with E-state index in [0.29, 0.717) is 0 Å². The van der Waals surface area contributed by atoms with Crippen molar-refractivity contribution in [2.45, 2.75) is 32.1 Å². The highest BCUT2D eigenvalue weighted by atomic mass is 15.0. The lowest BCUT2D eigenvalue weighted by Crippen LogP contribution is -2.12. The predicted molar refractivity (Wildman–Crippen MR) is 78.5 cm³/mol. The maximum atomic E-state index is 4.36. The summed E-state index contributed by atoms with van der Waals surface area (Å²) in [5.74, 6) is 1.14. The highest BCUT2D eigenvalue weighted by Gasteiger charge is 2.12. The van der Waals surface area contributed by atoms with Crippen LogP contribution in [0.4, 0.5) is 5.69 Å². The van der Waals surface area contributed by atoms with Gasteiger partial charge >= 0.3 is 0 Å². The minimum Gasteiger partial charge on any atom is -0.384 e. The maximum Gasteiger partial charge on any atom is 0.110 e. The molecule has 0 unspecified atom stereocenters. The standard InChI is InChI=1S/C16H21N3/c1-19-12-11-18-16(19)9-10-17-15-8-4-6-13-5-2-3-7-14(13)15/h4,6,8,11-12,17H,2-3,5,7,9-10H2,1H3. The second kappa shape index (κ2) is 5.47. The summed E-state index contributed by atoms with van der Waals surface area (Å²) >= 11 is 0. The maximum absolute atomic E-state index is 4.36. The first-order chi connectivity index (χ1) is 9.34. The number of nitrogens with one attached hydrogen (secondary N) is 1. The second-order valence-electron chi connectivity index (χ2n) is 5.28. The van der Waals surface area contributed by atoms with E-state index in [1.807, 2.05) is 19.4 Å². The molecule has 100 valence electrons. The fraction of sp³-hybridized carbons (Fsp3) is 0.438. The minimum absolute atomic E-state index is 0.946. The number of aryl methyl sites for hydroxylation is 2. The van der Waals surface area contributed by atoms with Crippen LogP contribution in [0.2, 0.25) is 0 Å². The quantitative estimate of drug-likeness (QED) is 0.910. The van der Waals surface area contributed by atoms with E-state index in [2.05, 4.69) is 33.1 Å². The summed E-state index contributed by atoms with van der Waals surface area (Å²) < 4.78 is 2.09. The molecule has 1 N–H and O–H groups in total. The van der Waals surface area contributed by atoms with Gasteiger partial charge in [0.05, 0.1) is 0 Å². The van der Waals surface area contributed by atoms with Gasteiger partial charge < -0.3 is 9.88 Å². The number of rotatable bonds is 4. The molecule has 3 nitrogen and oxygen atoms in total. The van der Waals surface area contributed by atoms with Gasteiger partial charge in [-0.2, -0.15) is 0 Å². The number of nitrogens with zero attached hydrogens (tertiary/aromatic N) is 2. The van der Waals surface area contributed by atoms with Crippen molar-refractivity contribution < 1.29 is 0 Å². The van der Waals surface area contributed by atoms with Crippen molar-refractivity contribution in [2.24, 2.45) is 7.05 Å². The van der Waals surface area contributed by atoms with Crippen molar-refractivity contribution in [1.29, 1.82) is 0 Å². The van der Waals surface area contributed by atoms with Gasteiger partial charge in [-0.15, -0.1) is 0 Å². The number of imidazole rings is 1. The Morgan fingerprint density at radius 2 is 2.16 bits per heavy atom. The van der Waals surface area contributed by atoms with Gasteiger partial charge in [0, 0.05) is 38.1 Å². The third kappa shape index (κ3) is 2.65. The van der Waals surface area contributed by atoms with Crippen LogP contribution in [0.1, 0.15) is 29.8 Å². The highest BCUT2D eigenvalue weighted by molar-refractivity contribution is 5.55. The summed E-state index contributed by atoms with van der Waals surface area (Å²) in [4.78, 5) is 4.36. The normalized spacial score (nSPS) is 14.2. The first kappa shape index (κ1) is 12.3. The molecule has 1 aromatic carbocycles. The minimum atomic E-state index is 0.946. The van der Waals surface area contributed by atoms with E-state index in [1.165, 1.54) is 42.5 Å². The second-order valence-corrected chi connectivity index (χ2v) is 5.28. The van der Waals surface area contributed by atoms with Gasteiger partial charge in [0.1, 0.15) is 5.82 Å². The smallest absolute Gasteiger partial charge is 0.110 e. The monoisotopic (exact) mass is 255 g/mol. The summed E-state index contributed by atoms with van der Waals surface area (Å²) in [7, 11) is 2.05. The van der Waals surface area contributed by atoms with Crippen LogP contribution < -0.4 is 5.32 Å². The molecule has 1 aromatic heterocycles. The topological polar surface area (TPSA) is 29.9 Å². The Kier molecular flexibility index (Phi) is 3.53. The number of benzene rings is 1. The average Bonchev–Trinajstić information content (AvgIpc) is 2.85. The third-order valence-electron chi connectivity index (χ3n) is 3.98. The molecular formula is C16H21N3. The van der Waals surface area contributed by atoms with Gasteiger partial charge in [-0.25, -0.2) is 4.98 Å². The van der Waals surface area contributed by atoms with Gasteiger partial charge in [0.15, 0.2) is 0 Å². The van der Waals surface area contributed by atoms with Crippen molar-refractivity contribution in [3.05, 3.63) is 47.5 Å². The Morgan fingerprint density at radius 3 is 3.00 bits per heavy atom. The Labute approximate surface area is 114 Å². The molecule has 1 aliphatic rings. The molecule has 3 rings (SSSR count). The molecule has 0 bridgehead atoms.